The Bertz CT molecular complexity index is 739. The van der Waals surface area contributed by atoms with Crippen LogP contribution in [0.25, 0.3) is 11.1 Å². The lowest BCUT2D eigenvalue weighted by Crippen LogP contribution is -2.25. The number of allylic oxidation sites excluding steroid dienone is 2. The van der Waals surface area contributed by atoms with E-state index in [0.29, 0.717) is 18.3 Å². The molecule has 0 aliphatic heterocycles. The van der Waals surface area contributed by atoms with Crippen molar-refractivity contribution in [2.75, 3.05) is 0 Å². The molecule has 0 aromatic heterocycles. The maximum atomic E-state index is 12.0. The molecule has 2 aromatic carbocycles. The summed E-state index contributed by atoms with van der Waals surface area (Å²) >= 11 is 0. The fraction of sp³-hybridized carbons (Fsp3) is 0.211. The summed E-state index contributed by atoms with van der Waals surface area (Å²) in [6.07, 6.45) is 2.47. The molecule has 2 atom stereocenters. The Morgan fingerprint density at radius 3 is 2.25 bits per heavy atom. The van der Waals surface area contributed by atoms with Crippen LogP contribution in [0.5, 0.6) is 0 Å². The molecular weight excluding hydrogens is 244 g/mol. The second kappa shape index (κ2) is 4.17. The van der Waals surface area contributed by atoms with Crippen molar-refractivity contribution in [1.29, 1.82) is 0 Å². The second-order valence-electron chi connectivity index (χ2n) is 5.82. The van der Waals surface area contributed by atoms with Gasteiger partial charge in [-0.2, -0.15) is 0 Å². The zero-order valence-electron chi connectivity index (χ0n) is 11.5. The molecule has 2 aliphatic carbocycles. The molecule has 0 saturated carbocycles. The molecule has 2 aromatic rings. The average Bonchev–Trinajstić information content (AvgIpc) is 2.47. The summed E-state index contributed by atoms with van der Waals surface area (Å²) in [5.74, 6) is 0.926. The highest BCUT2D eigenvalue weighted by Crippen LogP contribution is 2.52. The van der Waals surface area contributed by atoms with Crippen LogP contribution in [0.15, 0.2) is 60.2 Å². The highest BCUT2D eigenvalue weighted by atomic mass is 16.1. The van der Waals surface area contributed by atoms with Crippen molar-refractivity contribution in [3.8, 4) is 11.1 Å². The number of hydrogen-bond donors (Lipinski definition) is 0. The molecule has 98 valence electrons. The molecule has 0 spiro atoms. The van der Waals surface area contributed by atoms with Crippen LogP contribution in [0.2, 0.25) is 0 Å². The van der Waals surface area contributed by atoms with Gasteiger partial charge >= 0.3 is 0 Å². The predicted molar refractivity (Wildman–Crippen MR) is 80.7 cm³/mol. The van der Waals surface area contributed by atoms with Gasteiger partial charge in [-0.3, -0.25) is 4.79 Å². The summed E-state index contributed by atoms with van der Waals surface area (Å²) in [7, 11) is 0. The summed E-state index contributed by atoms with van der Waals surface area (Å²) in [6, 6.07) is 17.2. The molecule has 20 heavy (non-hydrogen) atoms. The topological polar surface area (TPSA) is 17.1 Å². The summed E-state index contributed by atoms with van der Waals surface area (Å²) in [5.41, 5.74) is 6.53. The molecule has 0 unspecified atom stereocenters. The van der Waals surface area contributed by atoms with Gasteiger partial charge in [0.05, 0.1) is 0 Å². The van der Waals surface area contributed by atoms with Gasteiger partial charge in [0.15, 0.2) is 5.78 Å². The highest BCUT2D eigenvalue weighted by molar-refractivity contribution is 5.94. The third kappa shape index (κ3) is 1.53. The first-order valence-electron chi connectivity index (χ1n) is 7.15. The SMILES string of the molecule is CC1=CC(=O)C[C@H]2c3ccccc3-c3ccccc3[C@@H]12. The van der Waals surface area contributed by atoms with Gasteiger partial charge in [-0.05, 0) is 35.3 Å². The van der Waals surface area contributed by atoms with E-state index in [1.54, 1.807) is 0 Å². The van der Waals surface area contributed by atoms with Crippen molar-refractivity contribution < 1.29 is 4.79 Å². The van der Waals surface area contributed by atoms with E-state index in [0.717, 1.165) is 0 Å². The smallest absolute Gasteiger partial charge is 0.156 e. The maximum absolute atomic E-state index is 12.0. The monoisotopic (exact) mass is 260 g/mol. The normalized spacial score (nSPS) is 23.4. The van der Waals surface area contributed by atoms with Gasteiger partial charge in [0.1, 0.15) is 0 Å². The lowest BCUT2D eigenvalue weighted by atomic mass is 9.65. The molecule has 1 heteroatoms. The van der Waals surface area contributed by atoms with E-state index in [1.165, 1.54) is 27.8 Å². The van der Waals surface area contributed by atoms with E-state index in [-0.39, 0.29) is 5.78 Å². The summed E-state index contributed by atoms with van der Waals surface area (Å²) < 4.78 is 0. The number of ketones is 1. The number of benzene rings is 2. The first-order chi connectivity index (χ1) is 9.75. The summed E-state index contributed by atoms with van der Waals surface area (Å²) in [6.45, 7) is 2.10. The molecular formula is C19H16O. The highest BCUT2D eigenvalue weighted by Gasteiger charge is 2.37. The van der Waals surface area contributed by atoms with E-state index < -0.39 is 0 Å². The Morgan fingerprint density at radius 2 is 1.50 bits per heavy atom. The molecule has 0 bridgehead atoms. The second-order valence-corrected chi connectivity index (χ2v) is 5.82. The van der Waals surface area contributed by atoms with E-state index in [9.17, 15) is 4.79 Å². The van der Waals surface area contributed by atoms with Crippen molar-refractivity contribution in [3.63, 3.8) is 0 Å². The quantitative estimate of drug-likeness (QED) is 0.683. The first-order valence-corrected chi connectivity index (χ1v) is 7.15. The van der Waals surface area contributed by atoms with Gasteiger partial charge in [-0.25, -0.2) is 0 Å². The van der Waals surface area contributed by atoms with Crippen LogP contribution >= 0.6 is 0 Å². The van der Waals surface area contributed by atoms with E-state index in [1.807, 2.05) is 6.08 Å². The standard InChI is InChI=1S/C19H16O/c1-12-10-13(20)11-18-16-8-3-2-6-14(16)15-7-4-5-9-17(15)19(12)18/h2-10,18-19H,11H2,1H3/t18-,19+/m0/s1. The van der Waals surface area contributed by atoms with Crippen molar-refractivity contribution in [2.24, 2.45) is 0 Å². The zero-order chi connectivity index (χ0) is 13.7. The Balaban J connectivity index is 2.04. The maximum Gasteiger partial charge on any atom is 0.156 e. The Labute approximate surface area is 119 Å². The fourth-order valence-electron chi connectivity index (χ4n) is 3.89. The first kappa shape index (κ1) is 11.7. The number of carbonyl (C=O) groups excluding carboxylic acids is 1. The van der Waals surface area contributed by atoms with Crippen molar-refractivity contribution in [1.82, 2.24) is 0 Å². The van der Waals surface area contributed by atoms with E-state index in [4.69, 9.17) is 0 Å². The molecule has 2 aliphatic rings. The summed E-state index contributed by atoms with van der Waals surface area (Å²) in [5, 5.41) is 0. The number of carbonyl (C=O) groups is 1. The minimum atomic E-state index is 0.262. The van der Waals surface area contributed by atoms with Crippen molar-refractivity contribution >= 4 is 5.78 Å². The van der Waals surface area contributed by atoms with Gasteiger partial charge in [0.25, 0.3) is 0 Å². The largest absolute Gasteiger partial charge is 0.295 e. The minimum Gasteiger partial charge on any atom is -0.295 e. The van der Waals surface area contributed by atoms with Crippen LogP contribution in [0.1, 0.15) is 36.3 Å². The molecule has 1 nitrogen and oxygen atoms in total. The molecule has 0 radical (unpaired) electrons. The van der Waals surface area contributed by atoms with E-state index in [2.05, 4.69) is 55.5 Å². The average molecular weight is 260 g/mol. The van der Waals surface area contributed by atoms with Gasteiger partial charge in [0.2, 0.25) is 0 Å². The molecule has 0 amide bonds. The van der Waals surface area contributed by atoms with Gasteiger partial charge in [-0.15, -0.1) is 0 Å². The van der Waals surface area contributed by atoms with Crippen molar-refractivity contribution in [2.45, 2.75) is 25.2 Å². The molecule has 0 heterocycles. The van der Waals surface area contributed by atoms with Crippen LogP contribution in [-0.2, 0) is 4.79 Å². The lowest BCUT2D eigenvalue weighted by molar-refractivity contribution is -0.115. The third-order valence-corrected chi connectivity index (χ3v) is 4.65. The van der Waals surface area contributed by atoms with Crippen LogP contribution in [0.4, 0.5) is 0 Å². The summed E-state index contributed by atoms with van der Waals surface area (Å²) in [4.78, 5) is 12.0. The van der Waals surface area contributed by atoms with Gasteiger partial charge in [-0.1, -0.05) is 54.1 Å². The minimum absolute atomic E-state index is 0.262. The Hall–Kier alpha value is -2.15. The van der Waals surface area contributed by atoms with Crippen LogP contribution in [0, 0.1) is 0 Å². The van der Waals surface area contributed by atoms with Crippen LogP contribution in [0.3, 0.4) is 0 Å². The van der Waals surface area contributed by atoms with Crippen molar-refractivity contribution in [3.05, 3.63) is 71.3 Å². The van der Waals surface area contributed by atoms with Crippen LogP contribution in [-0.4, -0.2) is 5.78 Å². The predicted octanol–water partition coefficient (Wildman–Crippen LogP) is 4.45. The third-order valence-electron chi connectivity index (χ3n) is 4.65. The van der Waals surface area contributed by atoms with Gasteiger partial charge in [0, 0.05) is 18.3 Å². The fourth-order valence-corrected chi connectivity index (χ4v) is 3.89. The number of rotatable bonds is 0. The zero-order valence-corrected chi connectivity index (χ0v) is 11.5. The number of hydrogen-bond acceptors (Lipinski definition) is 1. The molecule has 4 rings (SSSR count). The van der Waals surface area contributed by atoms with Crippen LogP contribution < -0.4 is 0 Å². The van der Waals surface area contributed by atoms with Gasteiger partial charge < -0.3 is 0 Å². The molecule has 0 N–H and O–H groups in total. The lowest BCUT2D eigenvalue weighted by Gasteiger charge is -2.38. The Kier molecular flexibility index (Phi) is 2.43. The van der Waals surface area contributed by atoms with E-state index >= 15 is 0 Å². The molecule has 0 fully saturated rings. The Morgan fingerprint density at radius 1 is 0.900 bits per heavy atom. The number of fused-ring (bicyclic) bond motifs is 6. The molecule has 0 saturated heterocycles.